The van der Waals surface area contributed by atoms with Gasteiger partial charge in [0.25, 0.3) is 0 Å². The van der Waals surface area contributed by atoms with Crippen molar-refractivity contribution in [1.29, 1.82) is 0 Å². The van der Waals surface area contributed by atoms with Gasteiger partial charge in [0.05, 0.1) is 18.0 Å². The van der Waals surface area contributed by atoms with E-state index in [1.54, 1.807) is 6.07 Å². The summed E-state index contributed by atoms with van der Waals surface area (Å²) in [4.78, 5) is 0. The number of hydrogen-bond donors (Lipinski definition) is 2. The smallest absolute Gasteiger partial charge is 0.167 e. The first kappa shape index (κ1) is 15.9. The molecule has 4 heteroatoms. The van der Waals surface area contributed by atoms with Crippen molar-refractivity contribution in [3.05, 3.63) is 17.9 Å². The summed E-state index contributed by atoms with van der Waals surface area (Å²) in [5.41, 5.74) is 7.19. The molecule has 118 valence electrons. The van der Waals surface area contributed by atoms with Crippen molar-refractivity contribution in [1.82, 2.24) is 0 Å². The van der Waals surface area contributed by atoms with E-state index < -0.39 is 5.82 Å². The van der Waals surface area contributed by atoms with E-state index in [0.29, 0.717) is 24.3 Å². The number of nitrogens with two attached hydrogens (primary N) is 1. The second kappa shape index (κ2) is 7.01. The monoisotopic (exact) mass is 294 g/mol. The Balaban J connectivity index is 2.12. The first-order valence-electron chi connectivity index (χ1n) is 8.05. The molecule has 1 fully saturated rings. The van der Waals surface area contributed by atoms with Crippen molar-refractivity contribution in [2.45, 2.75) is 52.5 Å². The number of ether oxygens (including phenoxy) is 1. The van der Waals surface area contributed by atoms with Crippen LogP contribution < -0.4 is 15.8 Å². The maximum absolute atomic E-state index is 13.8. The maximum Gasteiger partial charge on any atom is 0.167 e. The van der Waals surface area contributed by atoms with Gasteiger partial charge in [0.1, 0.15) is 0 Å². The largest absolute Gasteiger partial charge is 0.490 e. The highest BCUT2D eigenvalue weighted by molar-refractivity contribution is 5.69. The summed E-state index contributed by atoms with van der Waals surface area (Å²) < 4.78 is 19.3. The number of halogens is 1. The zero-order valence-electron chi connectivity index (χ0n) is 13.3. The predicted octanol–water partition coefficient (Wildman–Crippen LogP) is 4.43. The summed E-state index contributed by atoms with van der Waals surface area (Å²) in [5.74, 6) is 1.27. The highest BCUT2D eigenvalue weighted by Crippen LogP contribution is 2.37. The van der Waals surface area contributed by atoms with Gasteiger partial charge in [-0.1, -0.05) is 27.2 Å². The third-order valence-electron chi connectivity index (χ3n) is 4.66. The summed E-state index contributed by atoms with van der Waals surface area (Å²) in [6.45, 7) is 7.04. The zero-order chi connectivity index (χ0) is 15.4. The van der Waals surface area contributed by atoms with Gasteiger partial charge in [0.15, 0.2) is 11.6 Å². The fourth-order valence-electron chi connectivity index (χ4n) is 3.24. The Kier molecular flexibility index (Phi) is 5.32. The van der Waals surface area contributed by atoms with Crippen LogP contribution >= 0.6 is 0 Å². The molecule has 3 nitrogen and oxygen atoms in total. The molecule has 1 aliphatic rings. The summed E-state index contributed by atoms with van der Waals surface area (Å²) in [5, 5.41) is 3.50. The average molecular weight is 294 g/mol. The van der Waals surface area contributed by atoms with E-state index in [1.807, 2.05) is 6.92 Å². The Hall–Kier alpha value is -1.45. The highest BCUT2D eigenvalue weighted by Gasteiger charge is 2.31. The van der Waals surface area contributed by atoms with Crippen molar-refractivity contribution in [3.63, 3.8) is 0 Å². The van der Waals surface area contributed by atoms with Crippen LogP contribution in [0.5, 0.6) is 5.75 Å². The summed E-state index contributed by atoms with van der Waals surface area (Å²) in [6, 6.07) is 3.46. The van der Waals surface area contributed by atoms with E-state index in [0.717, 1.165) is 24.4 Å². The molecule has 2 rings (SSSR count). The van der Waals surface area contributed by atoms with Crippen LogP contribution in [0.15, 0.2) is 12.1 Å². The maximum atomic E-state index is 13.8. The molecule has 0 aromatic heterocycles. The van der Waals surface area contributed by atoms with Crippen LogP contribution in [-0.4, -0.2) is 12.6 Å². The molecule has 3 unspecified atom stereocenters. The molecule has 1 aromatic carbocycles. The minimum absolute atomic E-state index is 0.284. The van der Waals surface area contributed by atoms with Gasteiger partial charge in [-0.25, -0.2) is 4.39 Å². The van der Waals surface area contributed by atoms with E-state index >= 15 is 0 Å². The molecule has 1 aromatic rings. The third-order valence-corrected chi connectivity index (χ3v) is 4.66. The summed E-state index contributed by atoms with van der Waals surface area (Å²) in [6.07, 6.45) is 4.45. The number of anilines is 2. The number of hydrogen-bond acceptors (Lipinski definition) is 3. The fourth-order valence-corrected chi connectivity index (χ4v) is 3.24. The van der Waals surface area contributed by atoms with Crippen molar-refractivity contribution < 1.29 is 9.13 Å². The Morgan fingerprint density at radius 3 is 2.71 bits per heavy atom. The molecule has 1 aliphatic carbocycles. The van der Waals surface area contributed by atoms with Crippen LogP contribution in [-0.2, 0) is 0 Å². The highest BCUT2D eigenvalue weighted by atomic mass is 19.1. The molecule has 3 atom stereocenters. The lowest BCUT2D eigenvalue weighted by Crippen LogP contribution is -2.25. The third kappa shape index (κ3) is 3.60. The van der Waals surface area contributed by atoms with Gasteiger partial charge in [-0.05, 0) is 31.1 Å². The van der Waals surface area contributed by atoms with Crippen LogP contribution in [0.4, 0.5) is 15.8 Å². The lowest BCUT2D eigenvalue weighted by molar-refractivity contribution is 0.301. The summed E-state index contributed by atoms with van der Waals surface area (Å²) >= 11 is 0. The standard InChI is InChI=1S/C17H27FN2O/c1-4-8-21-17-10-16(14(19)9-13(17)18)20-15-7-6-12(5-2)11(15)3/h9-12,15,20H,4-8,19H2,1-3H3. The molecule has 1 saturated carbocycles. The van der Waals surface area contributed by atoms with Gasteiger partial charge in [-0.2, -0.15) is 0 Å². The lowest BCUT2D eigenvalue weighted by atomic mass is 9.93. The van der Waals surface area contributed by atoms with Gasteiger partial charge >= 0.3 is 0 Å². The summed E-state index contributed by atoms with van der Waals surface area (Å²) in [7, 11) is 0. The predicted molar refractivity (Wildman–Crippen MR) is 86.2 cm³/mol. The minimum Gasteiger partial charge on any atom is -0.490 e. The van der Waals surface area contributed by atoms with E-state index in [-0.39, 0.29) is 5.75 Å². The van der Waals surface area contributed by atoms with E-state index in [4.69, 9.17) is 10.5 Å². The number of nitrogen functional groups attached to an aromatic ring is 1. The first-order valence-corrected chi connectivity index (χ1v) is 8.05. The van der Waals surface area contributed by atoms with Gasteiger partial charge in [0.2, 0.25) is 0 Å². The van der Waals surface area contributed by atoms with Crippen molar-refractivity contribution >= 4 is 11.4 Å². The van der Waals surface area contributed by atoms with Gasteiger partial charge in [-0.3, -0.25) is 0 Å². The van der Waals surface area contributed by atoms with Crippen molar-refractivity contribution in [2.75, 3.05) is 17.7 Å². The number of nitrogens with one attached hydrogen (secondary N) is 1. The molecule has 0 amide bonds. The number of benzene rings is 1. The first-order chi connectivity index (χ1) is 10.1. The van der Waals surface area contributed by atoms with Crippen LogP contribution in [0.1, 0.15) is 46.5 Å². The zero-order valence-corrected chi connectivity index (χ0v) is 13.3. The van der Waals surface area contributed by atoms with Crippen LogP contribution in [0, 0.1) is 17.7 Å². The second-order valence-corrected chi connectivity index (χ2v) is 6.07. The molecule has 0 saturated heterocycles. The topological polar surface area (TPSA) is 47.3 Å². The molecule has 0 radical (unpaired) electrons. The molecule has 3 N–H and O–H groups in total. The Morgan fingerprint density at radius 1 is 1.33 bits per heavy atom. The van der Waals surface area contributed by atoms with Gasteiger partial charge in [-0.15, -0.1) is 0 Å². The second-order valence-electron chi connectivity index (χ2n) is 6.07. The number of rotatable bonds is 6. The Morgan fingerprint density at radius 2 is 2.10 bits per heavy atom. The quantitative estimate of drug-likeness (QED) is 0.763. The molecule has 0 bridgehead atoms. The Bertz CT molecular complexity index is 478. The van der Waals surface area contributed by atoms with Crippen LogP contribution in [0.3, 0.4) is 0 Å². The van der Waals surface area contributed by atoms with Gasteiger partial charge < -0.3 is 15.8 Å². The van der Waals surface area contributed by atoms with Crippen LogP contribution in [0.25, 0.3) is 0 Å². The Labute approximate surface area is 127 Å². The lowest BCUT2D eigenvalue weighted by Gasteiger charge is -2.23. The SMILES string of the molecule is CCCOc1cc(NC2CCC(CC)C2C)c(N)cc1F. The minimum atomic E-state index is -0.391. The van der Waals surface area contributed by atoms with E-state index in [1.165, 1.54) is 18.9 Å². The molecule has 0 aliphatic heterocycles. The molecular weight excluding hydrogens is 267 g/mol. The van der Waals surface area contributed by atoms with Crippen LogP contribution in [0.2, 0.25) is 0 Å². The van der Waals surface area contributed by atoms with Gasteiger partial charge in [0, 0.05) is 18.2 Å². The average Bonchev–Trinajstić information content (AvgIpc) is 2.81. The molecule has 21 heavy (non-hydrogen) atoms. The van der Waals surface area contributed by atoms with Crippen molar-refractivity contribution in [3.8, 4) is 5.75 Å². The molecular formula is C17H27FN2O. The normalized spacial score (nSPS) is 25.0. The van der Waals surface area contributed by atoms with E-state index in [9.17, 15) is 4.39 Å². The molecule has 0 heterocycles. The fraction of sp³-hybridized carbons (Fsp3) is 0.647. The molecule has 0 spiro atoms. The van der Waals surface area contributed by atoms with E-state index in [2.05, 4.69) is 19.2 Å². The van der Waals surface area contributed by atoms with Crippen molar-refractivity contribution in [2.24, 2.45) is 11.8 Å².